The van der Waals surface area contributed by atoms with E-state index < -0.39 is 0 Å². The lowest BCUT2D eigenvalue weighted by Crippen LogP contribution is -2.34. The van der Waals surface area contributed by atoms with E-state index in [0.29, 0.717) is 10.9 Å². The number of rotatable bonds is 2. The van der Waals surface area contributed by atoms with Crippen LogP contribution in [0.2, 0.25) is 5.02 Å². The van der Waals surface area contributed by atoms with Gasteiger partial charge in [-0.1, -0.05) is 23.7 Å². The topological polar surface area (TPSA) is 58.7 Å². The van der Waals surface area contributed by atoms with Crippen molar-refractivity contribution in [3.05, 3.63) is 34.9 Å². The van der Waals surface area contributed by atoms with Crippen LogP contribution in [0.3, 0.4) is 0 Å². The van der Waals surface area contributed by atoms with Crippen molar-refractivity contribution in [2.24, 2.45) is 10.7 Å². The highest BCUT2D eigenvalue weighted by atomic mass is 35.5. The summed E-state index contributed by atoms with van der Waals surface area (Å²) in [5.41, 5.74) is 6.78. The summed E-state index contributed by atoms with van der Waals surface area (Å²) in [6, 6.07) is 7.24. The standard InChI is InChI=1S/C12H12ClN3O/c13-8-3-1-2-7(6-8)10-11(14)15-12(17)16(10)9-4-5-9/h1-3,6,9-10H,4-5H2,(H2,14,15,17). The molecule has 1 aliphatic heterocycles. The Morgan fingerprint density at radius 3 is 2.82 bits per heavy atom. The highest BCUT2D eigenvalue weighted by molar-refractivity contribution is 6.30. The third kappa shape index (κ3) is 1.78. The molecule has 0 saturated heterocycles. The molecule has 2 aliphatic rings. The van der Waals surface area contributed by atoms with E-state index in [0.717, 1.165) is 18.4 Å². The quantitative estimate of drug-likeness (QED) is 0.875. The largest absolute Gasteiger partial charge is 0.385 e. The first-order valence-corrected chi connectivity index (χ1v) is 5.96. The van der Waals surface area contributed by atoms with Crippen LogP contribution in [-0.2, 0) is 0 Å². The van der Waals surface area contributed by atoms with Gasteiger partial charge < -0.3 is 10.6 Å². The van der Waals surface area contributed by atoms with Crippen LogP contribution < -0.4 is 5.73 Å². The van der Waals surface area contributed by atoms with E-state index in [9.17, 15) is 4.79 Å². The second-order valence-electron chi connectivity index (χ2n) is 4.42. The van der Waals surface area contributed by atoms with Crippen molar-refractivity contribution >= 4 is 23.5 Å². The van der Waals surface area contributed by atoms with E-state index in [-0.39, 0.29) is 18.1 Å². The minimum atomic E-state index is -0.242. The van der Waals surface area contributed by atoms with Gasteiger partial charge in [0, 0.05) is 11.1 Å². The van der Waals surface area contributed by atoms with E-state index in [4.69, 9.17) is 17.3 Å². The van der Waals surface area contributed by atoms with Crippen LogP contribution in [0.1, 0.15) is 24.4 Å². The maximum absolute atomic E-state index is 11.8. The highest BCUT2D eigenvalue weighted by Crippen LogP contribution is 2.38. The molecule has 4 nitrogen and oxygen atoms in total. The Kier molecular flexibility index (Phi) is 2.33. The Morgan fingerprint density at radius 2 is 2.18 bits per heavy atom. The highest BCUT2D eigenvalue weighted by Gasteiger charge is 2.43. The van der Waals surface area contributed by atoms with Crippen molar-refractivity contribution in [2.75, 3.05) is 0 Å². The van der Waals surface area contributed by atoms with Gasteiger partial charge in [-0.15, -0.1) is 0 Å². The Bertz CT molecular complexity index is 510. The van der Waals surface area contributed by atoms with E-state index in [1.54, 1.807) is 11.0 Å². The van der Waals surface area contributed by atoms with E-state index >= 15 is 0 Å². The van der Waals surface area contributed by atoms with Gasteiger partial charge in [0.25, 0.3) is 0 Å². The fourth-order valence-electron chi connectivity index (χ4n) is 2.21. The van der Waals surface area contributed by atoms with Crippen LogP contribution in [0.25, 0.3) is 0 Å². The average Bonchev–Trinajstić information content (AvgIpc) is 3.04. The number of benzene rings is 1. The number of carbonyl (C=O) groups excluding carboxylic acids is 1. The first kappa shape index (κ1) is 10.6. The lowest BCUT2D eigenvalue weighted by atomic mass is 10.1. The number of aliphatic imine (C=N–C) groups is 1. The summed E-state index contributed by atoms with van der Waals surface area (Å²) in [7, 11) is 0. The summed E-state index contributed by atoms with van der Waals surface area (Å²) in [6.45, 7) is 0. The molecular formula is C12H12ClN3O. The third-order valence-electron chi connectivity index (χ3n) is 3.11. The number of halogens is 1. The fraction of sp³-hybridized carbons (Fsp3) is 0.333. The molecule has 0 bridgehead atoms. The van der Waals surface area contributed by atoms with Gasteiger partial charge in [0.05, 0.1) is 0 Å². The summed E-state index contributed by atoms with van der Waals surface area (Å²) in [4.78, 5) is 17.4. The number of hydrogen-bond acceptors (Lipinski definition) is 2. The Labute approximate surface area is 104 Å². The summed E-state index contributed by atoms with van der Waals surface area (Å²) >= 11 is 5.97. The first-order valence-electron chi connectivity index (χ1n) is 5.58. The lowest BCUT2D eigenvalue weighted by Gasteiger charge is -2.24. The van der Waals surface area contributed by atoms with Crippen LogP contribution >= 0.6 is 11.6 Å². The van der Waals surface area contributed by atoms with E-state index in [2.05, 4.69) is 4.99 Å². The SMILES string of the molecule is NC1=NC(=O)N(C2CC2)C1c1cccc(Cl)c1. The molecule has 1 heterocycles. The number of amidine groups is 1. The molecular weight excluding hydrogens is 238 g/mol. The molecule has 2 amide bonds. The lowest BCUT2D eigenvalue weighted by molar-refractivity contribution is 0.203. The molecule has 3 rings (SSSR count). The molecule has 0 spiro atoms. The van der Waals surface area contributed by atoms with Crippen molar-refractivity contribution in [1.29, 1.82) is 0 Å². The summed E-state index contributed by atoms with van der Waals surface area (Å²) < 4.78 is 0. The molecule has 1 saturated carbocycles. The van der Waals surface area contributed by atoms with Gasteiger partial charge in [-0.05, 0) is 30.5 Å². The molecule has 1 aliphatic carbocycles. The van der Waals surface area contributed by atoms with Gasteiger partial charge in [0.1, 0.15) is 11.9 Å². The molecule has 1 atom stereocenters. The second-order valence-corrected chi connectivity index (χ2v) is 4.85. The number of carbonyl (C=O) groups is 1. The minimum Gasteiger partial charge on any atom is -0.385 e. The molecule has 17 heavy (non-hydrogen) atoms. The van der Waals surface area contributed by atoms with E-state index in [1.165, 1.54) is 0 Å². The van der Waals surface area contributed by atoms with Crippen LogP contribution in [0.4, 0.5) is 4.79 Å². The van der Waals surface area contributed by atoms with Crippen molar-refractivity contribution in [2.45, 2.75) is 24.9 Å². The Balaban J connectivity index is 1.99. The normalized spacial score (nSPS) is 24.1. The van der Waals surface area contributed by atoms with Crippen molar-refractivity contribution in [3.8, 4) is 0 Å². The molecule has 2 N–H and O–H groups in total. The van der Waals surface area contributed by atoms with Crippen LogP contribution in [0.5, 0.6) is 0 Å². The summed E-state index contributed by atoms with van der Waals surface area (Å²) in [5.74, 6) is 0.365. The molecule has 88 valence electrons. The molecule has 5 heteroatoms. The molecule has 1 fully saturated rings. The smallest absolute Gasteiger partial charge is 0.346 e. The minimum absolute atomic E-state index is 0.227. The zero-order chi connectivity index (χ0) is 12.0. The van der Waals surface area contributed by atoms with Crippen molar-refractivity contribution in [3.63, 3.8) is 0 Å². The van der Waals surface area contributed by atoms with Gasteiger partial charge in [0.15, 0.2) is 0 Å². The number of hydrogen-bond donors (Lipinski definition) is 1. The average molecular weight is 250 g/mol. The zero-order valence-corrected chi connectivity index (χ0v) is 9.89. The molecule has 0 radical (unpaired) electrons. The maximum Gasteiger partial charge on any atom is 0.346 e. The van der Waals surface area contributed by atoms with Crippen LogP contribution in [0.15, 0.2) is 29.3 Å². The van der Waals surface area contributed by atoms with Crippen molar-refractivity contribution < 1.29 is 4.79 Å². The number of amides is 2. The Hall–Kier alpha value is -1.55. The predicted octanol–water partition coefficient (Wildman–Crippen LogP) is 2.34. The molecule has 0 aromatic heterocycles. The summed E-state index contributed by atoms with van der Waals surface area (Å²) in [5, 5.41) is 0.644. The summed E-state index contributed by atoms with van der Waals surface area (Å²) in [6.07, 6.45) is 2.07. The zero-order valence-electron chi connectivity index (χ0n) is 9.14. The number of nitrogens with two attached hydrogens (primary N) is 1. The van der Waals surface area contributed by atoms with Gasteiger partial charge >= 0.3 is 6.03 Å². The van der Waals surface area contributed by atoms with Gasteiger partial charge in [-0.3, -0.25) is 0 Å². The molecule has 1 unspecified atom stereocenters. The second kappa shape index (κ2) is 3.74. The Morgan fingerprint density at radius 1 is 1.41 bits per heavy atom. The van der Waals surface area contributed by atoms with Crippen molar-refractivity contribution in [1.82, 2.24) is 4.90 Å². The number of nitrogens with zero attached hydrogens (tertiary/aromatic N) is 2. The fourth-order valence-corrected chi connectivity index (χ4v) is 2.41. The molecule has 1 aromatic rings. The predicted molar refractivity (Wildman–Crippen MR) is 66.1 cm³/mol. The van der Waals surface area contributed by atoms with Gasteiger partial charge in [0.2, 0.25) is 0 Å². The van der Waals surface area contributed by atoms with E-state index in [1.807, 2.05) is 18.2 Å². The van der Waals surface area contributed by atoms with Crippen LogP contribution in [0, 0.1) is 0 Å². The first-order chi connectivity index (χ1) is 8.16. The third-order valence-corrected chi connectivity index (χ3v) is 3.34. The maximum atomic E-state index is 11.8. The van der Waals surface area contributed by atoms with Gasteiger partial charge in [-0.25, -0.2) is 4.79 Å². The molecule has 1 aromatic carbocycles. The number of urea groups is 1. The monoisotopic (exact) mass is 249 g/mol. The van der Waals surface area contributed by atoms with Gasteiger partial charge in [-0.2, -0.15) is 4.99 Å². The van der Waals surface area contributed by atoms with Crippen LogP contribution in [-0.4, -0.2) is 22.8 Å².